The monoisotopic (exact) mass is 330 g/mol. The maximum absolute atomic E-state index is 11.8. The van der Waals surface area contributed by atoms with E-state index in [4.69, 9.17) is 17.3 Å². The molecule has 1 aliphatic rings. The van der Waals surface area contributed by atoms with Crippen LogP contribution in [0.15, 0.2) is 16.6 Å². The van der Waals surface area contributed by atoms with Crippen LogP contribution in [0, 0.1) is 12.8 Å². The molecule has 2 rings (SSSR count). The van der Waals surface area contributed by atoms with Gasteiger partial charge in [-0.05, 0) is 59.3 Å². The highest BCUT2D eigenvalue weighted by atomic mass is 79.9. The Bertz CT molecular complexity index is 474. The molecule has 0 saturated heterocycles. The SMILES string of the molecule is Cc1cc(Br)c(NC(=O)CC(N)C2CC2)cc1Cl. The topological polar surface area (TPSA) is 55.1 Å². The summed E-state index contributed by atoms with van der Waals surface area (Å²) in [6.45, 7) is 1.92. The summed E-state index contributed by atoms with van der Waals surface area (Å²) in [6, 6.07) is 3.62. The summed E-state index contributed by atoms with van der Waals surface area (Å²) in [5.74, 6) is 0.468. The summed E-state index contributed by atoms with van der Waals surface area (Å²) < 4.78 is 0.831. The van der Waals surface area contributed by atoms with E-state index in [9.17, 15) is 4.79 Å². The number of carbonyl (C=O) groups excluding carboxylic acids is 1. The first kappa shape index (κ1) is 13.8. The van der Waals surface area contributed by atoms with Gasteiger partial charge >= 0.3 is 0 Å². The Labute approximate surface area is 120 Å². The summed E-state index contributed by atoms with van der Waals surface area (Å²) in [5.41, 5.74) is 7.59. The summed E-state index contributed by atoms with van der Waals surface area (Å²) >= 11 is 9.45. The zero-order chi connectivity index (χ0) is 13.3. The maximum Gasteiger partial charge on any atom is 0.225 e. The Morgan fingerprint density at radius 2 is 2.28 bits per heavy atom. The van der Waals surface area contributed by atoms with Gasteiger partial charge in [-0.3, -0.25) is 4.79 Å². The van der Waals surface area contributed by atoms with E-state index in [0.29, 0.717) is 23.0 Å². The molecule has 1 fully saturated rings. The molecule has 98 valence electrons. The molecule has 18 heavy (non-hydrogen) atoms. The number of hydrogen-bond acceptors (Lipinski definition) is 2. The van der Waals surface area contributed by atoms with Crippen molar-refractivity contribution in [2.75, 3.05) is 5.32 Å². The smallest absolute Gasteiger partial charge is 0.225 e. The number of nitrogens with two attached hydrogens (primary N) is 1. The molecule has 0 aromatic heterocycles. The first-order valence-electron chi connectivity index (χ1n) is 5.98. The second kappa shape index (κ2) is 5.59. The van der Waals surface area contributed by atoms with E-state index in [2.05, 4.69) is 21.2 Å². The summed E-state index contributed by atoms with van der Waals surface area (Å²) in [6.07, 6.45) is 2.66. The normalized spacial score (nSPS) is 16.4. The van der Waals surface area contributed by atoms with Gasteiger partial charge in [0.1, 0.15) is 0 Å². The maximum atomic E-state index is 11.8. The molecule has 1 amide bonds. The van der Waals surface area contributed by atoms with Crippen LogP contribution >= 0.6 is 27.5 Å². The van der Waals surface area contributed by atoms with Gasteiger partial charge in [0.15, 0.2) is 0 Å². The number of amides is 1. The van der Waals surface area contributed by atoms with Crippen molar-refractivity contribution in [1.82, 2.24) is 0 Å². The molecule has 1 unspecified atom stereocenters. The van der Waals surface area contributed by atoms with Gasteiger partial charge in [0.05, 0.1) is 5.69 Å². The van der Waals surface area contributed by atoms with Gasteiger partial charge in [0, 0.05) is 22.0 Å². The fourth-order valence-electron chi connectivity index (χ4n) is 1.85. The summed E-state index contributed by atoms with van der Waals surface area (Å²) in [5, 5.41) is 3.48. The number of nitrogens with one attached hydrogen (secondary N) is 1. The van der Waals surface area contributed by atoms with Crippen LogP contribution in [-0.2, 0) is 4.79 Å². The Kier molecular flexibility index (Phi) is 4.30. The fraction of sp³-hybridized carbons (Fsp3) is 0.462. The molecule has 1 saturated carbocycles. The number of carbonyl (C=O) groups is 1. The molecule has 0 radical (unpaired) electrons. The minimum atomic E-state index is -0.0602. The van der Waals surface area contributed by atoms with Crippen molar-refractivity contribution >= 4 is 39.1 Å². The molecule has 1 aromatic rings. The number of aryl methyl sites for hydroxylation is 1. The molecule has 0 spiro atoms. The van der Waals surface area contributed by atoms with Crippen LogP contribution in [0.4, 0.5) is 5.69 Å². The zero-order valence-electron chi connectivity index (χ0n) is 10.2. The number of hydrogen-bond donors (Lipinski definition) is 2. The highest BCUT2D eigenvalue weighted by molar-refractivity contribution is 9.10. The fourth-order valence-corrected chi connectivity index (χ4v) is 2.57. The molecule has 5 heteroatoms. The first-order valence-corrected chi connectivity index (χ1v) is 7.15. The lowest BCUT2D eigenvalue weighted by Crippen LogP contribution is -2.28. The van der Waals surface area contributed by atoms with Crippen LogP contribution in [0.2, 0.25) is 5.02 Å². The van der Waals surface area contributed by atoms with Crippen LogP contribution in [-0.4, -0.2) is 11.9 Å². The van der Waals surface area contributed by atoms with Crippen LogP contribution in [0.3, 0.4) is 0 Å². The summed E-state index contributed by atoms with van der Waals surface area (Å²) in [4.78, 5) is 11.8. The number of rotatable bonds is 4. The predicted octanol–water partition coefficient (Wildman–Crippen LogP) is 3.48. The van der Waals surface area contributed by atoms with Crippen molar-refractivity contribution in [3.05, 3.63) is 27.2 Å². The predicted molar refractivity (Wildman–Crippen MR) is 77.8 cm³/mol. The molecule has 0 bridgehead atoms. The molecular formula is C13H16BrClN2O. The van der Waals surface area contributed by atoms with Gasteiger partial charge in [-0.2, -0.15) is 0 Å². The number of halogens is 2. The Morgan fingerprint density at radius 3 is 2.89 bits per heavy atom. The van der Waals surface area contributed by atoms with E-state index < -0.39 is 0 Å². The largest absolute Gasteiger partial charge is 0.327 e. The minimum absolute atomic E-state index is 0.0234. The van der Waals surface area contributed by atoms with Crippen molar-refractivity contribution in [1.29, 1.82) is 0 Å². The first-order chi connectivity index (χ1) is 8.47. The average molecular weight is 332 g/mol. The second-order valence-corrected chi connectivity index (χ2v) is 6.10. The van der Waals surface area contributed by atoms with Crippen LogP contribution in [0.25, 0.3) is 0 Å². The van der Waals surface area contributed by atoms with Gasteiger partial charge in [0.25, 0.3) is 0 Å². The molecular weight excluding hydrogens is 316 g/mol. The van der Waals surface area contributed by atoms with Crippen molar-refractivity contribution in [2.45, 2.75) is 32.2 Å². The standard InChI is InChI=1S/C13H16BrClN2O/c1-7-4-9(14)12(5-10(7)15)17-13(18)6-11(16)8-2-3-8/h4-5,8,11H,2-3,6,16H2,1H3,(H,17,18). The molecule has 0 aliphatic heterocycles. The quantitative estimate of drug-likeness (QED) is 0.887. The van der Waals surface area contributed by atoms with Crippen molar-refractivity contribution in [3.8, 4) is 0 Å². The van der Waals surface area contributed by atoms with E-state index in [1.54, 1.807) is 6.07 Å². The third kappa shape index (κ3) is 3.46. The highest BCUT2D eigenvalue weighted by Gasteiger charge is 2.29. The third-order valence-electron chi connectivity index (χ3n) is 3.17. The van der Waals surface area contributed by atoms with Crippen molar-refractivity contribution < 1.29 is 4.79 Å². The molecule has 1 aliphatic carbocycles. The van der Waals surface area contributed by atoms with E-state index in [1.807, 2.05) is 13.0 Å². The minimum Gasteiger partial charge on any atom is -0.327 e. The van der Waals surface area contributed by atoms with Gasteiger partial charge < -0.3 is 11.1 Å². The lowest BCUT2D eigenvalue weighted by atomic mass is 10.1. The molecule has 1 atom stereocenters. The van der Waals surface area contributed by atoms with Gasteiger partial charge in [-0.25, -0.2) is 0 Å². The zero-order valence-corrected chi connectivity index (χ0v) is 12.5. The number of benzene rings is 1. The van der Waals surface area contributed by atoms with Crippen LogP contribution < -0.4 is 11.1 Å². The van der Waals surface area contributed by atoms with Crippen LogP contribution in [0.5, 0.6) is 0 Å². The van der Waals surface area contributed by atoms with E-state index in [1.165, 1.54) is 0 Å². The molecule has 0 heterocycles. The Balaban J connectivity index is 1.99. The molecule has 1 aromatic carbocycles. The van der Waals surface area contributed by atoms with E-state index in [0.717, 1.165) is 22.9 Å². The Hall–Kier alpha value is -0.580. The highest BCUT2D eigenvalue weighted by Crippen LogP contribution is 2.33. The van der Waals surface area contributed by atoms with E-state index >= 15 is 0 Å². The van der Waals surface area contributed by atoms with Crippen molar-refractivity contribution in [3.63, 3.8) is 0 Å². The van der Waals surface area contributed by atoms with E-state index in [-0.39, 0.29) is 11.9 Å². The third-order valence-corrected chi connectivity index (χ3v) is 4.23. The summed E-state index contributed by atoms with van der Waals surface area (Å²) in [7, 11) is 0. The molecule has 3 nitrogen and oxygen atoms in total. The van der Waals surface area contributed by atoms with Gasteiger partial charge in [-0.1, -0.05) is 11.6 Å². The van der Waals surface area contributed by atoms with Crippen LogP contribution in [0.1, 0.15) is 24.8 Å². The lowest BCUT2D eigenvalue weighted by molar-refractivity contribution is -0.116. The molecule has 3 N–H and O–H groups in total. The lowest BCUT2D eigenvalue weighted by Gasteiger charge is -2.12. The average Bonchev–Trinajstić information content (AvgIpc) is 3.09. The Morgan fingerprint density at radius 1 is 1.61 bits per heavy atom. The van der Waals surface area contributed by atoms with Gasteiger partial charge in [-0.15, -0.1) is 0 Å². The second-order valence-electron chi connectivity index (χ2n) is 4.83. The van der Waals surface area contributed by atoms with Crippen molar-refractivity contribution in [2.24, 2.45) is 11.7 Å². The number of anilines is 1. The van der Waals surface area contributed by atoms with Gasteiger partial charge in [0.2, 0.25) is 5.91 Å².